The average molecular weight is 450 g/mol. The summed E-state index contributed by atoms with van der Waals surface area (Å²) in [5.74, 6) is -0.465. The third kappa shape index (κ3) is 3.94. The summed E-state index contributed by atoms with van der Waals surface area (Å²) in [5.41, 5.74) is 2.13. The largest absolute Gasteiger partial charge is 0.462 e. The van der Waals surface area contributed by atoms with Gasteiger partial charge in [0.15, 0.2) is 0 Å². The van der Waals surface area contributed by atoms with Gasteiger partial charge in [0.2, 0.25) is 11.8 Å². The highest BCUT2D eigenvalue weighted by Crippen LogP contribution is 2.36. The molecule has 0 N–H and O–H groups in total. The maximum absolute atomic E-state index is 13.4. The van der Waals surface area contributed by atoms with E-state index in [1.807, 2.05) is 15.5 Å². The first kappa shape index (κ1) is 21.4. The number of fused-ring (bicyclic) bond motifs is 4. The lowest BCUT2D eigenvalue weighted by molar-refractivity contribution is -0.138. The van der Waals surface area contributed by atoms with E-state index in [2.05, 4.69) is 0 Å². The van der Waals surface area contributed by atoms with Gasteiger partial charge in [-0.3, -0.25) is 14.4 Å². The van der Waals surface area contributed by atoms with Crippen LogP contribution in [0, 0.1) is 11.8 Å². The number of ether oxygens (including phenoxy) is 1. The van der Waals surface area contributed by atoms with Gasteiger partial charge in [0.05, 0.1) is 18.1 Å². The number of aromatic nitrogens is 1. The summed E-state index contributed by atoms with van der Waals surface area (Å²) >= 11 is 0. The molecule has 3 aliphatic rings. The molecule has 172 valence electrons. The van der Waals surface area contributed by atoms with Gasteiger partial charge in [0, 0.05) is 56.0 Å². The molecule has 1 aromatic heterocycles. The Bertz CT molecular complexity index is 1160. The number of piperidine rings is 1. The summed E-state index contributed by atoms with van der Waals surface area (Å²) in [5, 5.41) is 0. The van der Waals surface area contributed by atoms with E-state index in [-0.39, 0.29) is 41.5 Å². The van der Waals surface area contributed by atoms with Crippen LogP contribution in [0.1, 0.15) is 41.7 Å². The molecular formula is C25H27N3O5. The maximum atomic E-state index is 13.4. The third-order valence-electron chi connectivity index (χ3n) is 6.96. The number of esters is 1. The first-order valence-electron chi connectivity index (χ1n) is 11.5. The number of amides is 2. The van der Waals surface area contributed by atoms with Crippen LogP contribution >= 0.6 is 0 Å². The Hall–Kier alpha value is -3.42. The highest BCUT2D eigenvalue weighted by molar-refractivity contribution is 6.00. The summed E-state index contributed by atoms with van der Waals surface area (Å²) in [6.45, 7) is 4.22. The fourth-order valence-electron chi connectivity index (χ4n) is 5.45. The van der Waals surface area contributed by atoms with E-state index in [0.717, 1.165) is 12.1 Å². The number of hydrogen-bond donors (Lipinski definition) is 0. The predicted octanol–water partition coefficient (Wildman–Crippen LogP) is 2.02. The first-order chi connectivity index (χ1) is 15.9. The Morgan fingerprint density at radius 1 is 1.00 bits per heavy atom. The average Bonchev–Trinajstić information content (AvgIpc) is 3.21. The first-order valence-corrected chi connectivity index (χ1v) is 11.5. The van der Waals surface area contributed by atoms with Gasteiger partial charge in [-0.25, -0.2) is 4.79 Å². The predicted molar refractivity (Wildman–Crippen MR) is 121 cm³/mol. The molecule has 0 spiro atoms. The zero-order chi connectivity index (χ0) is 23.1. The number of pyridine rings is 1. The van der Waals surface area contributed by atoms with Crippen molar-refractivity contribution in [1.82, 2.24) is 9.47 Å². The fraction of sp³-hybridized carbons (Fsp3) is 0.440. The molecule has 0 radical (unpaired) electrons. The van der Waals surface area contributed by atoms with Crippen molar-refractivity contribution in [3.8, 4) is 0 Å². The Morgan fingerprint density at radius 3 is 2.55 bits per heavy atom. The van der Waals surface area contributed by atoms with Gasteiger partial charge >= 0.3 is 5.97 Å². The summed E-state index contributed by atoms with van der Waals surface area (Å²) in [6.07, 6.45) is 1.16. The topological polar surface area (TPSA) is 88.9 Å². The molecule has 2 fully saturated rings. The number of benzene rings is 1. The molecule has 5 rings (SSSR count). The van der Waals surface area contributed by atoms with E-state index in [0.29, 0.717) is 44.0 Å². The molecule has 4 heterocycles. The number of hydrogen-bond acceptors (Lipinski definition) is 5. The monoisotopic (exact) mass is 449 g/mol. The van der Waals surface area contributed by atoms with Crippen LogP contribution in [0.4, 0.5) is 5.69 Å². The molecule has 1 aromatic carbocycles. The maximum Gasteiger partial charge on any atom is 0.338 e. The molecule has 8 heteroatoms. The summed E-state index contributed by atoms with van der Waals surface area (Å²) < 4.78 is 6.85. The zero-order valence-electron chi connectivity index (χ0n) is 18.6. The lowest BCUT2D eigenvalue weighted by atomic mass is 9.82. The summed E-state index contributed by atoms with van der Waals surface area (Å²) in [4.78, 5) is 53.7. The number of nitrogens with zero attached hydrogens (tertiary/aromatic N) is 3. The number of carbonyl (C=O) groups excluding carboxylic acids is 3. The number of anilines is 1. The van der Waals surface area contributed by atoms with E-state index in [1.165, 1.54) is 0 Å². The molecule has 2 saturated heterocycles. The quantitative estimate of drug-likeness (QED) is 0.667. The standard InChI is InChI=1S/C25H27N3O5/c1-2-33-25(32)17-6-8-20(9-7-17)27-15-19(11-23(27)30)24(31)26-12-16-10-18(14-26)21-4-3-5-22(29)28(21)13-16/h3-9,16,18-19H,2,10-15H2,1H3/t16-,18+,19-/m0/s1. The van der Waals surface area contributed by atoms with Gasteiger partial charge in [-0.15, -0.1) is 0 Å². The van der Waals surface area contributed by atoms with Gasteiger partial charge in [-0.2, -0.15) is 0 Å². The van der Waals surface area contributed by atoms with Crippen molar-refractivity contribution >= 4 is 23.5 Å². The van der Waals surface area contributed by atoms with Gasteiger partial charge < -0.3 is 19.1 Å². The van der Waals surface area contributed by atoms with Crippen LogP contribution in [0.25, 0.3) is 0 Å². The second-order valence-electron chi connectivity index (χ2n) is 9.11. The van der Waals surface area contributed by atoms with Crippen molar-refractivity contribution < 1.29 is 19.1 Å². The molecule has 2 bridgehead atoms. The molecule has 33 heavy (non-hydrogen) atoms. The van der Waals surface area contributed by atoms with Crippen molar-refractivity contribution in [3.63, 3.8) is 0 Å². The van der Waals surface area contributed by atoms with Crippen molar-refractivity contribution in [2.75, 3.05) is 31.1 Å². The minimum Gasteiger partial charge on any atom is -0.462 e. The van der Waals surface area contributed by atoms with Crippen molar-refractivity contribution in [1.29, 1.82) is 0 Å². The molecule has 8 nitrogen and oxygen atoms in total. The Labute approximate surface area is 191 Å². The Kier molecular flexibility index (Phi) is 5.52. The minimum atomic E-state index is -0.399. The molecule has 0 saturated carbocycles. The molecular weight excluding hydrogens is 422 g/mol. The van der Waals surface area contributed by atoms with Crippen molar-refractivity contribution in [2.45, 2.75) is 32.2 Å². The second kappa shape index (κ2) is 8.50. The highest BCUT2D eigenvalue weighted by Gasteiger charge is 2.41. The molecule has 2 aromatic rings. The van der Waals surface area contributed by atoms with Crippen LogP contribution in [-0.4, -0.2) is 53.5 Å². The van der Waals surface area contributed by atoms with Crippen molar-refractivity contribution in [3.05, 3.63) is 64.1 Å². The SMILES string of the molecule is CCOC(=O)c1ccc(N2C[C@@H](C(=O)N3C[C@@H]4C[C@H](C3)c3cccc(=O)n3C4)CC2=O)cc1. The third-order valence-corrected chi connectivity index (χ3v) is 6.96. The lowest BCUT2D eigenvalue weighted by Crippen LogP contribution is -2.50. The minimum absolute atomic E-state index is 0.00965. The van der Waals surface area contributed by atoms with E-state index < -0.39 is 5.97 Å². The van der Waals surface area contributed by atoms with Crippen LogP contribution in [-0.2, 0) is 20.9 Å². The number of rotatable bonds is 4. The van der Waals surface area contributed by atoms with E-state index in [9.17, 15) is 19.2 Å². The van der Waals surface area contributed by atoms with Gasteiger partial charge in [0.25, 0.3) is 5.56 Å². The second-order valence-corrected chi connectivity index (χ2v) is 9.11. The normalized spacial score (nSPS) is 23.9. The number of carbonyl (C=O) groups is 3. The van der Waals surface area contributed by atoms with E-state index in [1.54, 1.807) is 48.2 Å². The Balaban J connectivity index is 1.28. The van der Waals surface area contributed by atoms with Gasteiger partial charge in [-0.1, -0.05) is 6.07 Å². The summed E-state index contributed by atoms with van der Waals surface area (Å²) in [6, 6.07) is 12.1. The number of likely N-dealkylation sites (tertiary alicyclic amines) is 1. The van der Waals surface area contributed by atoms with Crippen LogP contribution < -0.4 is 10.5 Å². The van der Waals surface area contributed by atoms with Crippen LogP contribution in [0.3, 0.4) is 0 Å². The molecule has 0 aliphatic carbocycles. The smallest absolute Gasteiger partial charge is 0.338 e. The highest BCUT2D eigenvalue weighted by atomic mass is 16.5. The zero-order valence-corrected chi connectivity index (χ0v) is 18.6. The van der Waals surface area contributed by atoms with Crippen LogP contribution in [0.2, 0.25) is 0 Å². The molecule has 2 amide bonds. The summed E-state index contributed by atoms with van der Waals surface area (Å²) in [7, 11) is 0. The van der Waals surface area contributed by atoms with Crippen LogP contribution in [0.15, 0.2) is 47.3 Å². The molecule has 3 atom stereocenters. The molecule has 0 unspecified atom stereocenters. The van der Waals surface area contributed by atoms with Crippen molar-refractivity contribution in [2.24, 2.45) is 11.8 Å². The Morgan fingerprint density at radius 2 is 1.79 bits per heavy atom. The fourth-order valence-corrected chi connectivity index (χ4v) is 5.45. The molecule has 3 aliphatic heterocycles. The van der Waals surface area contributed by atoms with Crippen LogP contribution in [0.5, 0.6) is 0 Å². The van der Waals surface area contributed by atoms with E-state index >= 15 is 0 Å². The lowest BCUT2D eigenvalue weighted by Gasteiger charge is -2.43. The van der Waals surface area contributed by atoms with Gasteiger partial charge in [-0.05, 0) is 49.6 Å². The van der Waals surface area contributed by atoms with E-state index in [4.69, 9.17) is 4.74 Å². The van der Waals surface area contributed by atoms with Gasteiger partial charge in [0.1, 0.15) is 0 Å².